The highest BCUT2D eigenvalue weighted by atomic mass is 16.1. The topological polar surface area (TPSA) is 17.1 Å². The van der Waals surface area contributed by atoms with Crippen molar-refractivity contribution in [3.8, 4) is 0 Å². The maximum Gasteiger partial charge on any atom is 0.143 e. The summed E-state index contributed by atoms with van der Waals surface area (Å²) < 4.78 is 0. The SMILES string of the molecule is C[C@H]1C=C(c2ccccc2)c2ccccc2CC1=O. The Hall–Kier alpha value is -2.15. The molecule has 0 heterocycles. The molecule has 94 valence electrons. The van der Waals surface area contributed by atoms with Gasteiger partial charge in [0.1, 0.15) is 5.78 Å². The van der Waals surface area contributed by atoms with Crippen molar-refractivity contribution in [2.75, 3.05) is 0 Å². The van der Waals surface area contributed by atoms with E-state index in [2.05, 4.69) is 30.3 Å². The summed E-state index contributed by atoms with van der Waals surface area (Å²) >= 11 is 0. The summed E-state index contributed by atoms with van der Waals surface area (Å²) in [6.07, 6.45) is 2.63. The number of ketones is 1. The highest BCUT2D eigenvalue weighted by molar-refractivity contribution is 5.93. The van der Waals surface area contributed by atoms with Gasteiger partial charge in [0.15, 0.2) is 0 Å². The van der Waals surface area contributed by atoms with Gasteiger partial charge in [0, 0.05) is 12.3 Å². The molecule has 0 fully saturated rings. The van der Waals surface area contributed by atoms with Crippen molar-refractivity contribution in [2.24, 2.45) is 5.92 Å². The number of rotatable bonds is 1. The van der Waals surface area contributed by atoms with Gasteiger partial charge in [0.2, 0.25) is 0 Å². The predicted molar refractivity (Wildman–Crippen MR) is 77.8 cm³/mol. The monoisotopic (exact) mass is 248 g/mol. The summed E-state index contributed by atoms with van der Waals surface area (Å²) in [7, 11) is 0. The van der Waals surface area contributed by atoms with Crippen molar-refractivity contribution in [1.29, 1.82) is 0 Å². The number of hydrogen-bond acceptors (Lipinski definition) is 1. The van der Waals surface area contributed by atoms with E-state index in [9.17, 15) is 4.79 Å². The lowest BCUT2D eigenvalue weighted by Gasteiger charge is -2.10. The summed E-state index contributed by atoms with van der Waals surface area (Å²) in [5.41, 5.74) is 4.67. The average molecular weight is 248 g/mol. The second-order valence-electron chi connectivity index (χ2n) is 5.04. The highest BCUT2D eigenvalue weighted by Gasteiger charge is 2.20. The van der Waals surface area contributed by atoms with Crippen LogP contribution >= 0.6 is 0 Å². The summed E-state index contributed by atoms with van der Waals surface area (Å²) in [6.45, 7) is 1.98. The molecule has 0 bridgehead atoms. The van der Waals surface area contributed by atoms with E-state index < -0.39 is 0 Å². The van der Waals surface area contributed by atoms with E-state index in [1.54, 1.807) is 0 Å². The predicted octanol–water partition coefficient (Wildman–Crippen LogP) is 3.88. The second kappa shape index (κ2) is 4.85. The lowest BCUT2D eigenvalue weighted by molar-refractivity contribution is -0.120. The van der Waals surface area contributed by atoms with Crippen LogP contribution in [-0.2, 0) is 11.2 Å². The maximum absolute atomic E-state index is 12.1. The smallest absolute Gasteiger partial charge is 0.143 e. The molecule has 1 aliphatic carbocycles. The Balaban J connectivity index is 2.21. The highest BCUT2D eigenvalue weighted by Crippen LogP contribution is 2.31. The quantitative estimate of drug-likeness (QED) is 0.748. The number of Topliss-reactive ketones (excluding diaryl/α,β-unsaturated/α-hetero) is 1. The number of fused-ring (bicyclic) bond motifs is 1. The normalized spacial score (nSPS) is 18.5. The molecule has 2 aromatic carbocycles. The van der Waals surface area contributed by atoms with E-state index in [0.717, 1.165) is 5.56 Å². The number of hydrogen-bond donors (Lipinski definition) is 0. The van der Waals surface area contributed by atoms with Crippen LogP contribution in [0.1, 0.15) is 23.6 Å². The van der Waals surface area contributed by atoms with Crippen molar-refractivity contribution in [1.82, 2.24) is 0 Å². The van der Waals surface area contributed by atoms with Gasteiger partial charge in [-0.05, 0) is 22.3 Å². The maximum atomic E-state index is 12.1. The zero-order chi connectivity index (χ0) is 13.2. The largest absolute Gasteiger partial charge is 0.299 e. The first-order valence-corrected chi connectivity index (χ1v) is 6.64. The van der Waals surface area contributed by atoms with Gasteiger partial charge in [-0.3, -0.25) is 4.79 Å². The van der Waals surface area contributed by atoms with Crippen LogP contribution in [0.2, 0.25) is 0 Å². The first-order chi connectivity index (χ1) is 9.25. The zero-order valence-electron chi connectivity index (χ0n) is 11.0. The molecular weight excluding hydrogens is 232 g/mol. The van der Waals surface area contributed by atoms with E-state index in [-0.39, 0.29) is 5.92 Å². The third kappa shape index (κ3) is 2.24. The summed E-state index contributed by atoms with van der Waals surface area (Å²) in [5.74, 6) is 0.265. The minimum atomic E-state index is -0.0254. The van der Waals surface area contributed by atoms with Crippen LogP contribution in [-0.4, -0.2) is 5.78 Å². The number of carbonyl (C=O) groups is 1. The molecule has 19 heavy (non-hydrogen) atoms. The fourth-order valence-corrected chi connectivity index (χ4v) is 2.59. The first kappa shape index (κ1) is 11.9. The Morgan fingerprint density at radius 3 is 2.42 bits per heavy atom. The molecule has 3 rings (SSSR count). The Bertz CT molecular complexity index is 638. The van der Waals surface area contributed by atoms with Crippen molar-refractivity contribution >= 4 is 11.4 Å². The molecule has 0 N–H and O–H groups in total. The number of carbonyl (C=O) groups excluding carboxylic acids is 1. The third-order valence-electron chi connectivity index (χ3n) is 3.68. The van der Waals surface area contributed by atoms with E-state index in [0.29, 0.717) is 12.2 Å². The molecule has 1 aliphatic rings. The molecule has 1 nitrogen and oxygen atoms in total. The average Bonchev–Trinajstić information content (AvgIpc) is 2.58. The van der Waals surface area contributed by atoms with E-state index >= 15 is 0 Å². The van der Waals surface area contributed by atoms with Crippen LogP contribution < -0.4 is 0 Å². The van der Waals surface area contributed by atoms with Crippen molar-refractivity contribution in [3.05, 3.63) is 77.4 Å². The molecule has 1 atom stereocenters. The molecule has 0 unspecified atom stereocenters. The first-order valence-electron chi connectivity index (χ1n) is 6.64. The van der Waals surface area contributed by atoms with Crippen LogP contribution in [0.4, 0.5) is 0 Å². The molecular formula is C18H16O. The van der Waals surface area contributed by atoms with Gasteiger partial charge in [-0.1, -0.05) is 67.6 Å². The Morgan fingerprint density at radius 2 is 1.63 bits per heavy atom. The second-order valence-corrected chi connectivity index (χ2v) is 5.04. The fourth-order valence-electron chi connectivity index (χ4n) is 2.59. The van der Waals surface area contributed by atoms with Crippen molar-refractivity contribution in [2.45, 2.75) is 13.3 Å². The van der Waals surface area contributed by atoms with Gasteiger partial charge in [-0.2, -0.15) is 0 Å². The van der Waals surface area contributed by atoms with Gasteiger partial charge in [0.05, 0.1) is 0 Å². The summed E-state index contributed by atoms with van der Waals surface area (Å²) in [6, 6.07) is 18.5. The van der Waals surface area contributed by atoms with E-state index in [1.165, 1.54) is 16.7 Å². The zero-order valence-corrected chi connectivity index (χ0v) is 11.0. The lowest BCUT2D eigenvalue weighted by atomic mass is 9.94. The number of allylic oxidation sites excluding steroid dienone is 1. The van der Waals surface area contributed by atoms with Crippen LogP contribution in [0.5, 0.6) is 0 Å². The van der Waals surface area contributed by atoms with Crippen LogP contribution in [0, 0.1) is 5.92 Å². The summed E-state index contributed by atoms with van der Waals surface area (Å²) in [4.78, 5) is 12.1. The van der Waals surface area contributed by atoms with Crippen LogP contribution in [0.15, 0.2) is 60.7 Å². The van der Waals surface area contributed by atoms with Crippen LogP contribution in [0.25, 0.3) is 5.57 Å². The van der Waals surface area contributed by atoms with Crippen molar-refractivity contribution < 1.29 is 4.79 Å². The van der Waals surface area contributed by atoms with Gasteiger partial charge in [0.25, 0.3) is 0 Å². The number of benzene rings is 2. The molecule has 2 aromatic rings. The Morgan fingerprint density at radius 1 is 0.947 bits per heavy atom. The van der Waals surface area contributed by atoms with Gasteiger partial charge in [-0.25, -0.2) is 0 Å². The Kier molecular flexibility index (Phi) is 3.04. The molecule has 1 heteroatoms. The van der Waals surface area contributed by atoms with Gasteiger partial charge in [-0.15, -0.1) is 0 Å². The minimum Gasteiger partial charge on any atom is -0.299 e. The molecule has 0 saturated heterocycles. The lowest BCUT2D eigenvalue weighted by Crippen LogP contribution is -2.09. The fraction of sp³-hybridized carbons (Fsp3) is 0.167. The van der Waals surface area contributed by atoms with E-state index in [1.807, 2.05) is 37.3 Å². The Labute approximate surface area is 113 Å². The summed E-state index contributed by atoms with van der Waals surface area (Å²) in [5, 5.41) is 0. The van der Waals surface area contributed by atoms with Gasteiger partial charge >= 0.3 is 0 Å². The van der Waals surface area contributed by atoms with Gasteiger partial charge < -0.3 is 0 Å². The molecule has 0 amide bonds. The molecule has 0 saturated carbocycles. The molecule has 0 aromatic heterocycles. The van der Waals surface area contributed by atoms with Crippen molar-refractivity contribution in [3.63, 3.8) is 0 Å². The molecule has 0 aliphatic heterocycles. The van der Waals surface area contributed by atoms with E-state index in [4.69, 9.17) is 0 Å². The molecule has 0 radical (unpaired) electrons. The van der Waals surface area contributed by atoms with Crippen LogP contribution in [0.3, 0.4) is 0 Å². The molecule has 0 spiro atoms. The standard InChI is InChI=1S/C18H16O/c1-13-11-17(14-7-3-2-4-8-14)16-10-6-5-9-15(16)12-18(13)19/h2-11,13H,12H2,1H3/t13-/m0/s1. The minimum absolute atomic E-state index is 0.0254. The third-order valence-corrected chi connectivity index (χ3v) is 3.68.